The van der Waals surface area contributed by atoms with Crippen LogP contribution in [-0.4, -0.2) is 25.7 Å². The molecule has 96 valence electrons. The van der Waals surface area contributed by atoms with Crippen LogP contribution in [0.3, 0.4) is 0 Å². The van der Waals surface area contributed by atoms with E-state index in [1.54, 1.807) is 0 Å². The van der Waals surface area contributed by atoms with Crippen LogP contribution in [0.2, 0.25) is 0 Å². The molecule has 2 aromatic heterocycles. The number of fused-ring (bicyclic) bond motifs is 1. The number of hydrogen-bond donors (Lipinski definition) is 2. The molecule has 0 spiro atoms. The van der Waals surface area contributed by atoms with Gasteiger partial charge < -0.3 is 5.11 Å². The maximum atomic E-state index is 11.8. The number of aromatic nitrogens is 3. The van der Waals surface area contributed by atoms with Gasteiger partial charge in [0.15, 0.2) is 5.65 Å². The van der Waals surface area contributed by atoms with E-state index in [1.165, 1.54) is 12.3 Å². The zero-order chi connectivity index (χ0) is 13.5. The second-order valence-electron chi connectivity index (χ2n) is 5.47. The Balaban J connectivity index is 2.62. The molecular weight excluding hydrogens is 234 g/mol. The summed E-state index contributed by atoms with van der Waals surface area (Å²) in [6, 6.07) is 1.43. The number of carbonyl (C=O) groups is 1. The summed E-state index contributed by atoms with van der Waals surface area (Å²) in [7, 11) is 0. The number of H-pyrrole nitrogens is 1. The fourth-order valence-electron chi connectivity index (χ4n) is 1.82. The first-order valence-electron chi connectivity index (χ1n) is 5.61. The number of carboxylic acid groups (broad SMARTS) is 1. The number of carboxylic acids is 1. The third kappa shape index (κ3) is 2.27. The highest BCUT2D eigenvalue weighted by atomic mass is 16.4. The molecule has 0 saturated carbocycles. The molecule has 2 rings (SSSR count). The van der Waals surface area contributed by atoms with E-state index >= 15 is 0 Å². The molecule has 6 heteroatoms. The maximum Gasteiger partial charge on any atom is 0.341 e. The number of aromatic carboxylic acids is 1. The Morgan fingerprint density at radius 1 is 1.50 bits per heavy atom. The monoisotopic (exact) mass is 249 g/mol. The van der Waals surface area contributed by atoms with Crippen molar-refractivity contribution in [1.29, 1.82) is 0 Å². The van der Waals surface area contributed by atoms with E-state index in [1.807, 2.05) is 20.8 Å². The van der Waals surface area contributed by atoms with Crippen LogP contribution in [0.15, 0.2) is 17.1 Å². The Labute approximate surface area is 103 Å². The fourth-order valence-corrected chi connectivity index (χ4v) is 1.82. The molecular formula is C12H15N3O3. The van der Waals surface area contributed by atoms with Crippen LogP contribution in [0.1, 0.15) is 36.8 Å². The van der Waals surface area contributed by atoms with Gasteiger partial charge in [0.05, 0.1) is 0 Å². The van der Waals surface area contributed by atoms with Crippen LogP contribution >= 0.6 is 0 Å². The van der Waals surface area contributed by atoms with Crippen molar-refractivity contribution in [2.45, 2.75) is 27.2 Å². The Morgan fingerprint density at radius 3 is 2.72 bits per heavy atom. The Hall–Kier alpha value is -2.11. The summed E-state index contributed by atoms with van der Waals surface area (Å²) in [5, 5.41) is 11.6. The molecule has 0 radical (unpaired) electrons. The van der Waals surface area contributed by atoms with Crippen LogP contribution in [0, 0.1) is 5.41 Å². The number of nitrogens with zero attached hydrogens (tertiary/aromatic N) is 2. The third-order valence-corrected chi connectivity index (χ3v) is 2.49. The predicted octanol–water partition coefficient (Wildman–Crippen LogP) is 1.31. The third-order valence-electron chi connectivity index (χ3n) is 2.49. The Kier molecular flexibility index (Phi) is 2.73. The van der Waals surface area contributed by atoms with Crippen LogP contribution in [0.25, 0.3) is 5.65 Å². The fraction of sp³-hybridized carbons (Fsp3) is 0.417. The lowest BCUT2D eigenvalue weighted by Gasteiger charge is -2.16. The van der Waals surface area contributed by atoms with Crippen LogP contribution in [-0.2, 0) is 6.42 Å². The molecule has 18 heavy (non-hydrogen) atoms. The van der Waals surface area contributed by atoms with Gasteiger partial charge in [-0.1, -0.05) is 20.8 Å². The largest absolute Gasteiger partial charge is 0.477 e. The summed E-state index contributed by atoms with van der Waals surface area (Å²) in [5.74, 6) is -1.10. The topological polar surface area (TPSA) is 87.5 Å². The summed E-state index contributed by atoms with van der Waals surface area (Å²) in [6.07, 6.45) is 1.88. The van der Waals surface area contributed by atoms with Crippen molar-refractivity contribution in [3.63, 3.8) is 0 Å². The van der Waals surface area contributed by atoms with Gasteiger partial charge >= 0.3 is 5.97 Å². The molecule has 0 atom stereocenters. The summed E-state index contributed by atoms with van der Waals surface area (Å²) in [4.78, 5) is 27.1. The van der Waals surface area contributed by atoms with Gasteiger partial charge in [-0.2, -0.15) is 0 Å². The molecule has 0 unspecified atom stereocenters. The quantitative estimate of drug-likeness (QED) is 0.840. The van der Waals surface area contributed by atoms with Crippen molar-refractivity contribution < 1.29 is 9.90 Å². The maximum absolute atomic E-state index is 11.8. The molecule has 0 aliphatic heterocycles. The van der Waals surface area contributed by atoms with E-state index in [9.17, 15) is 9.59 Å². The van der Waals surface area contributed by atoms with E-state index in [0.29, 0.717) is 12.1 Å². The summed E-state index contributed by atoms with van der Waals surface area (Å²) < 4.78 is 1.13. The summed E-state index contributed by atoms with van der Waals surface area (Å²) >= 11 is 0. The molecule has 2 N–H and O–H groups in total. The molecule has 2 heterocycles. The highest BCUT2D eigenvalue weighted by Gasteiger charge is 2.17. The van der Waals surface area contributed by atoms with Crippen molar-refractivity contribution in [1.82, 2.24) is 14.6 Å². The lowest BCUT2D eigenvalue weighted by molar-refractivity contribution is 0.0699. The number of aromatic amines is 1. The van der Waals surface area contributed by atoms with E-state index in [2.05, 4.69) is 10.1 Å². The molecule has 0 aromatic carbocycles. The minimum atomic E-state index is -1.10. The van der Waals surface area contributed by atoms with Gasteiger partial charge in [-0.3, -0.25) is 9.89 Å². The molecule has 0 fully saturated rings. The van der Waals surface area contributed by atoms with Crippen molar-refractivity contribution in [2.24, 2.45) is 5.41 Å². The van der Waals surface area contributed by atoms with Crippen LogP contribution in [0.5, 0.6) is 0 Å². The first-order valence-corrected chi connectivity index (χ1v) is 5.61. The van der Waals surface area contributed by atoms with Crippen molar-refractivity contribution in [3.8, 4) is 0 Å². The van der Waals surface area contributed by atoms with Gasteiger partial charge in [-0.15, -0.1) is 0 Å². The van der Waals surface area contributed by atoms with Gasteiger partial charge in [-0.25, -0.2) is 14.3 Å². The summed E-state index contributed by atoms with van der Waals surface area (Å²) in [6.45, 7) is 6.10. The van der Waals surface area contributed by atoms with E-state index in [-0.39, 0.29) is 22.2 Å². The lowest BCUT2D eigenvalue weighted by Crippen LogP contribution is -2.19. The molecule has 0 aliphatic rings. The Bertz CT molecular complexity index is 661. The highest BCUT2D eigenvalue weighted by Crippen LogP contribution is 2.19. The zero-order valence-electron chi connectivity index (χ0n) is 10.5. The average Bonchev–Trinajstić information content (AvgIpc) is 2.58. The lowest BCUT2D eigenvalue weighted by atomic mass is 9.90. The van der Waals surface area contributed by atoms with E-state index < -0.39 is 5.97 Å². The first-order chi connectivity index (χ1) is 8.28. The van der Waals surface area contributed by atoms with Crippen LogP contribution < -0.4 is 5.56 Å². The molecule has 0 bridgehead atoms. The summed E-state index contributed by atoms with van der Waals surface area (Å²) in [5.41, 5.74) is 0.454. The SMILES string of the molecule is CC(C)(C)Cc1cc(=O)n2[nH]cc(C(=O)O)c2n1. The average molecular weight is 249 g/mol. The van der Waals surface area contributed by atoms with E-state index in [0.717, 1.165) is 4.52 Å². The second kappa shape index (κ2) is 3.97. The molecule has 0 saturated heterocycles. The number of hydrogen-bond acceptors (Lipinski definition) is 3. The molecule has 0 aliphatic carbocycles. The molecule has 2 aromatic rings. The smallest absolute Gasteiger partial charge is 0.341 e. The van der Waals surface area contributed by atoms with Gasteiger partial charge in [0.1, 0.15) is 5.56 Å². The number of nitrogens with one attached hydrogen (secondary N) is 1. The predicted molar refractivity (Wildman–Crippen MR) is 65.9 cm³/mol. The zero-order valence-corrected chi connectivity index (χ0v) is 10.5. The van der Waals surface area contributed by atoms with Crippen LogP contribution in [0.4, 0.5) is 0 Å². The van der Waals surface area contributed by atoms with Crippen molar-refractivity contribution in [3.05, 3.63) is 33.9 Å². The normalized spacial score (nSPS) is 11.9. The number of rotatable bonds is 2. The standard InChI is InChI=1S/C12H15N3O3/c1-12(2,3)5-7-4-9(16)15-10(14-7)8(6-13-15)11(17)18/h4,6,13H,5H2,1-3H3,(H,17,18). The van der Waals surface area contributed by atoms with Gasteiger partial charge in [-0.05, 0) is 11.8 Å². The van der Waals surface area contributed by atoms with Crippen molar-refractivity contribution in [2.75, 3.05) is 0 Å². The van der Waals surface area contributed by atoms with Gasteiger partial charge in [0.2, 0.25) is 0 Å². The van der Waals surface area contributed by atoms with E-state index in [4.69, 9.17) is 5.11 Å². The first kappa shape index (κ1) is 12.3. The minimum Gasteiger partial charge on any atom is -0.477 e. The van der Waals surface area contributed by atoms with Gasteiger partial charge in [0, 0.05) is 18.0 Å². The highest BCUT2D eigenvalue weighted by molar-refractivity contribution is 5.94. The van der Waals surface area contributed by atoms with Gasteiger partial charge in [0.25, 0.3) is 5.56 Å². The Morgan fingerprint density at radius 2 is 2.17 bits per heavy atom. The minimum absolute atomic E-state index is 0.00265. The second-order valence-corrected chi connectivity index (χ2v) is 5.47. The molecule has 0 amide bonds. The van der Waals surface area contributed by atoms with Crippen molar-refractivity contribution >= 4 is 11.6 Å². The molecule has 6 nitrogen and oxygen atoms in total.